The van der Waals surface area contributed by atoms with E-state index in [0.717, 1.165) is 0 Å². The van der Waals surface area contributed by atoms with Crippen molar-refractivity contribution in [2.75, 3.05) is 19.6 Å². The molecule has 2 aliphatic rings. The Hall–Kier alpha value is -0.220. The quantitative estimate of drug-likeness (QED) is 0.715. The number of hydrogen-bond acceptors (Lipinski definition) is 2. The summed E-state index contributed by atoms with van der Waals surface area (Å²) in [5.74, 6) is 0. The van der Waals surface area contributed by atoms with Gasteiger partial charge < -0.3 is 5.73 Å². The van der Waals surface area contributed by atoms with Gasteiger partial charge in [0.15, 0.2) is 0 Å². The molecule has 0 aromatic carbocycles. The van der Waals surface area contributed by atoms with Gasteiger partial charge in [0.25, 0.3) is 0 Å². The van der Waals surface area contributed by atoms with E-state index in [9.17, 15) is 8.78 Å². The molecule has 2 fully saturated rings. The van der Waals surface area contributed by atoms with Gasteiger partial charge in [-0.1, -0.05) is 0 Å². The van der Waals surface area contributed by atoms with Crippen molar-refractivity contribution < 1.29 is 8.78 Å². The van der Waals surface area contributed by atoms with Crippen LogP contribution in [0.2, 0.25) is 0 Å². The average Bonchev–Trinajstić information content (AvgIpc) is 2.67. The number of nitrogens with two attached hydrogens (primary N) is 1. The molecule has 1 aliphatic heterocycles. The van der Waals surface area contributed by atoms with Crippen LogP contribution in [0.1, 0.15) is 19.3 Å². The number of rotatable bonds is 3. The van der Waals surface area contributed by atoms with Gasteiger partial charge in [-0.15, -0.1) is 0 Å². The zero-order valence-electron chi connectivity index (χ0n) is 7.68. The number of hydrogen-bond donors (Lipinski definition) is 1. The Bertz CT molecular complexity index is 194. The fourth-order valence-electron chi connectivity index (χ4n) is 2.02. The SMILES string of the molecule is NC[C@@H]1C[C@H](F)CN1CC1(F)CC1. The summed E-state index contributed by atoms with van der Waals surface area (Å²) in [5.41, 5.74) is 4.48. The lowest BCUT2D eigenvalue weighted by Gasteiger charge is -2.24. The van der Waals surface area contributed by atoms with Gasteiger partial charge in [0.05, 0.1) is 0 Å². The highest BCUT2D eigenvalue weighted by molar-refractivity contribution is 5.00. The first kappa shape index (κ1) is 9.34. The molecule has 1 saturated heterocycles. The van der Waals surface area contributed by atoms with Crippen LogP contribution in [0.5, 0.6) is 0 Å². The Labute approximate surface area is 77.1 Å². The van der Waals surface area contributed by atoms with Crippen LogP contribution < -0.4 is 5.73 Å². The van der Waals surface area contributed by atoms with Crippen molar-refractivity contribution in [2.24, 2.45) is 5.73 Å². The summed E-state index contributed by atoms with van der Waals surface area (Å²) in [6, 6.07) is 0.0585. The molecular weight excluding hydrogens is 174 g/mol. The number of nitrogens with zero attached hydrogens (tertiary/aromatic N) is 1. The monoisotopic (exact) mass is 190 g/mol. The van der Waals surface area contributed by atoms with Crippen molar-refractivity contribution in [1.82, 2.24) is 4.90 Å². The second-order valence-corrected chi connectivity index (χ2v) is 4.30. The molecule has 4 heteroatoms. The van der Waals surface area contributed by atoms with E-state index in [-0.39, 0.29) is 6.04 Å². The Kier molecular flexibility index (Phi) is 2.28. The first-order chi connectivity index (χ1) is 6.13. The third kappa shape index (κ3) is 1.99. The van der Waals surface area contributed by atoms with Crippen molar-refractivity contribution in [3.8, 4) is 0 Å². The van der Waals surface area contributed by atoms with Crippen LogP contribution in [0.25, 0.3) is 0 Å². The third-order valence-electron chi connectivity index (χ3n) is 3.03. The third-order valence-corrected chi connectivity index (χ3v) is 3.03. The van der Waals surface area contributed by atoms with Gasteiger partial charge in [0.1, 0.15) is 11.8 Å². The predicted octanol–water partition coefficient (Wildman–Crippen LogP) is 0.860. The average molecular weight is 190 g/mol. The fourth-order valence-corrected chi connectivity index (χ4v) is 2.02. The summed E-state index contributed by atoms with van der Waals surface area (Å²) in [6.45, 7) is 1.19. The van der Waals surface area contributed by atoms with E-state index in [4.69, 9.17) is 5.73 Å². The highest BCUT2D eigenvalue weighted by atomic mass is 19.1. The molecule has 1 saturated carbocycles. The highest BCUT2D eigenvalue weighted by Gasteiger charge is 2.47. The molecule has 2 rings (SSSR count). The maximum Gasteiger partial charge on any atom is 0.123 e. The molecular formula is C9H16F2N2. The second-order valence-electron chi connectivity index (χ2n) is 4.30. The van der Waals surface area contributed by atoms with Crippen LogP contribution in [-0.4, -0.2) is 42.4 Å². The van der Waals surface area contributed by atoms with E-state index in [1.165, 1.54) is 0 Å². The molecule has 1 aliphatic carbocycles. The van der Waals surface area contributed by atoms with Gasteiger partial charge in [0, 0.05) is 25.7 Å². The van der Waals surface area contributed by atoms with Crippen LogP contribution in [0.4, 0.5) is 8.78 Å². The molecule has 0 aromatic rings. The number of likely N-dealkylation sites (tertiary alicyclic amines) is 1. The Morgan fingerprint density at radius 1 is 1.46 bits per heavy atom. The molecule has 2 atom stereocenters. The van der Waals surface area contributed by atoms with Crippen molar-refractivity contribution >= 4 is 0 Å². The predicted molar refractivity (Wildman–Crippen MR) is 47.0 cm³/mol. The van der Waals surface area contributed by atoms with Crippen LogP contribution in [0.3, 0.4) is 0 Å². The number of halogens is 2. The molecule has 0 spiro atoms. The van der Waals surface area contributed by atoms with E-state index in [1.807, 2.05) is 4.90 Å². The molecule has 0 bridgehead atoms. The summed E-state index contributed by atoms with van der Waals surface area (Å²) in [7, 11) is 0. The smallest absolute Gasteiger partial charge is 0.123 e. The zero-order valence-corrected chi connectivity index (χ0v) is 7.68. The lowest BCUT2D eigenvalue weighted by molar-refractivity contribution is 0.162. The van der Waals surface area contributed by atoms with Crippen molar-refractivity contribution in [3.63, 3.8) is 0 Å². The minimum atomic E-state index is -1.02. The van der Waals surface area contributed by atoms with Crippen LogP contribution in [0, 0.1) is 0 Å². The van der Waals surface area contributed by atoms with Crippen LogP contribution in [-0.2, 0) is 0 Å². The van der Waals surface area contributed by atoms with Gasteiger partial charge >= 0.3 is 0 Å². The molecule has 13 heavy (non-hydrogen) atoms. The maximum absolute atomic E-state index is 13.4. The van der Waals surface area contributed by atoms with Crippen molar-refractivity contribution in [2.45, 2.75) is 37.1 Å². The molecule has 0 radical (unpaired) electrons. The molecule has 76 valence electrons. The van der Waals surface area contributed by atoms with Crippen molar-refractivity contribution in [3.05, 3.63) is 0 Å². The molecule has 0 unspecified atom stereocenters. The fraction of sp³-hybridized carbons (Fsp3) is 1.00. The molecule has 2 nitrogen and oxygen atoms in total. The molecule has 1 heterocycles. The minimum absolute atomic E-state index is 0.0585. The largest absolute Gasteiger partial charge is 0.329 e. The molecule has 2 N–H and O–H groups in total. The van der Waals surface area contributed by atoms with Gasteiger partial charge in [-0.3, -0.25) is 4.90 Å². The Morgan fingerprint density at radius 2 is 2.15 bits per heavy atom. The summed E-state index contributed by atoms with van der Waals surface area (Å²) in [5, 5.41) is 0. The Balaban J connectivity index is 1.89. The number of alkyl halides is 2. The minimum Gasteiger partial charge on any atom is -0.329 e. The normalized spacial score (nSPS) is 38.1. The summed E-state index contributed by atoms with van der Waals surface area (Å²) >= 11 is 0. The van der Waals surface area contributed by atoms with E-state index < -0.39 is 11.8 Å². The van der Waals surface area contributed by atoms with Gasteiger partial charge in [0.2, 0.25) is 0 Å². The summed E-state index contributed by atoms with van der Waals surface area (Å²) in [4.78, 5) is 1.87. The van der Waals surface area contributed by atoms with Crippen LogP contribution >= 0.6 is 0 Å². The van der Waals surface area contributed by atoms with E-state index in [1.54, 1.807) is 0 Å². The van der Waals surface area contributed by atoms with Gasteiger partial charge in [-0.2, -0.15) is 0 Å². The van der Waals surface area contributed by atoms with Crippen LogP contribution in [0.15, 0.2) is 0 Å². The summed E-state index contributed by atoms with van der Waals surface area (Å²) < 4.78 is 26.4. The first-order valence-corrected chi connectivity index (χ1v) is 4.90. The molecule has 0 amide bonds. The summed E-state index contributed by atoms with van der Waals surface area (Å²) in [6.07, 6.45) is 0.943. The standard InChI is InChI=1S/C9H16F2N2/c10-7-3-8(4-12)13(5-7)6-9(11)1-2-9/h7-8H,1-6,12H2/t7-,8-/m0/s1. The lowest BCUT2D eigenvalue weighted by Crippen LogP contribution is -2.39. The first-order valence-electron chi connectivity index (χ1n) is 4.90. The van der Waals surface area contributed by atoms with Crippen molar-refractivity contribution in [1.29, 1.82) is 0 Å². The van der Waals surface area contributed by atoms with Gasteiger partial charge in [-0.25, -0.2) is 8.78 Å². The maximum atomic E-state index is 13.4. The Morgan fingerprint density at radius 3 is 2.69 bits per heavy atom. The zero-order chi connectivity index (χ0) is 9.47. The van der Waals surface area contributed by atoms with Gasteiger partial charge in [-0.05, 0) is 19.3 Å². The van der Waals surface area contributed by atoms with E-state index in [0.29, 0.717) is 38.9 Å². The second kappa shape index (κ2) is 3.17. The van der Waals surface area contributed by atoms with E-state index >= 15 is 0 Å². The van der Waals surface area contributed by atoms with E-state index in [2.05, 4.69) is 0 Å². The topological polar surface area (TPSA) is 29.3 Å². The lowest BCUT2D eigenvalue weighted by atomic mass is 10.2. The molecule has 0 aromatic heterocycles. The highest BCUT2D eigenvalue weighted by Crippen LogP contribution is 2.41.